The third-order valence-corrected chi connectivity index (χ3v) is 6.91. The van der Waals surface area contributed by atoms with Gasteiger partial charge in [0.1, 0.15) is 17.6 Å². The van der Waals surface area contributed by atoms with Crippen LogP contribution < -0.4 is 9.47 Å². The number of benzene rings is 2. The van der Waals surface area contributed by atoms with Crippen molar-refractivity contribution in [2.24, 2.45) is 0 Å². The molecule has 1 aliphatic rings. The van der Waals surface area contributed by atoms with Gasteiger partial charge in [-0.3, -0.25) is 0 Å². The Bertz CT molecular complexity index is 887. The van der Waals surface area contributed by atoms with E-state index in [4.69, 9.17) is 9.47 Å². The standard InChI is InChI=1S/C21H27NO4S/c1-4-17-6-5-7-19(15-17)26-18-10-12-22(13-11-18)27(23,24)20-8-9-21(25-3)16(2)14-20/h5-9,14-15,18H,4,10-13H2,1-3H3. The van der Waals surface area contributed by atoms with Crippen LogP contribution in [-0.4, -0.2) is 39.0 Å². The molecule has 1 fully saturated rings. The van der Waals surface area contributed by atoms with E-state index in [1.165, 1.54) is 5.56 Å². The number of ether oxygens (including phenoxy) is 2. The third kappa shape index (κ3) is 4.45. The van der Waals surface area contributed by atoms with Gasteiger partial charge in [0.2, 0.25) is 10.0 Å². The molecule has 1 heterocycles. The zero-order valence-corrected chi connectivity index (χ0v) is 17.0. The van der Waals surface area contributed by atoms with Crippen molar-refractivity contribution < 1.29 is 17.9 Å². The van der Waals surface area contributed by atoms with E-state index in [9.17, 15) is 8.42 Å². The molecule has 0 bridgehead atoms. The Balaban J connectivity index is 1.64. The minimum absolute atomic E-state index is 0.0427. The first kappa shape index (κ1) is 19.7. The van der Waals surface area contributed by atoms with Crippen molar-refractivity contribution in [1.29, 1.82) is 0 Å². The van der Waals surface area contributed by atoms with Crippen LogP contribution in [0.3, 0.4) is 0 Å². The van der Waals surface area contributed by atoms with E-state index < -0.39 is 10.0 Å². The van der Waals surface area contributed by atoms with Crippen molar-refractivity contribution in [2.75, 3.05) is 20.2 Å². The molecular formula is C21H27NO4S. The van der Waals surface area contributed by atoms with Crippen LogP contribution in [-0.2, 0) is 16.4 Å². The molecule has 0 radical (unpaired) electrons. The van der Waals surface area contributed by atoms with Gasteiger partial charge >= 0.3 is 0 Å². The van der Waals surface area contributed by atoms with E-state index in [2.05, 4.69) is 19.1 Å². The second kappa shape index (κ2) is 8.31. The number of hydrogen-bond acceptors (Lipinski definition) is 4. The number of methoxy groups -OCH3 is 1. The van der Waals surface area contributed by atoms with Gasteiger partial charge in [-0.25, -0.2) is 8.42 Å². The Morgan fingerprint density at radius 3 is 2.48 bits per heavy atom. The Morgan fingerprint density at radius 2 is 1.85 bits per heavy atom. The lowest BCUT2D eigenvalue weighted by Crippen LogP contribution is -2.41. The molecule has 146 valence electrons. The highest BCUT2D eigenvalue weighted by molar-refractivity contribution is 7.89. The van der Waals surface area contributed by atoms with Gasteiger partial charge in [-0.15, -0.1) is 0 Å². The molecule has 5 nitrogen and oxygen atoms in total. The fraction of sp³-hybridized carbons (Fsp3) is 0.429. The van der Waals surface area contributed by atoms with Crippen molar-refractivity contribution in [2.45, 2.75) is 44.1 Å². The van der Waals surface area contributed by atoms with Crippen molar-refractivity contribution >= 4 is 10.0 Å². The van der Waals surface area contributed by atoms with E-state index >= 15 is 0 Å². The average Bonchev–Trinajstić information content (AvgIpc) is 2.68. The number of sulfonamides is 1. The Morgan fingerprint density at radius 1 is 1.11 bits per heavy atom. The fourth-order valence-corrected chi connectivity index (χ4v) is 4.94. The summed E-state index contributed by atoms with van der Waals surface area (Å²) in [6.07, 6.45) is 2.38. The summed E-state index contributed by atoms with van der Waals surface area (Å²) < 4.78 is 38.7. The molecule has 2 aromatic rings. The summed E-state index contributed by atoms with van der Waals surface area (Å²) in [6, 6.07) is 13.1. The molecule has 2 aromatic carbocycles. The highest BCUT2D eigenvalue weighted by Gasteiger charge is 2.30. The van der Waals surface area contributed by atoms with Gasteiger partial charge < -0.3 is 9.47 Å². The van der Waals surface area contributed by atoms with Gasteiger partial charge in [0.15, 0.2) is 0 Å². The van der Waals surface area contributed by atoms with Gasteiger partial charge in [0.25, 0.3) is 0 Å². The number of piperidine rings is 1. The van der Waals surface area contributed by atoms with Crippen molar-refractivity contribution in [3.63, 3.8) is 0 Å². The van der Waals surface area contributed by atoms with E-state index in [-0.39, 0.29) is 6.10 Å². The van der Waals surface area contributed by atoms with Gasteiger partial charge in [-0.1, -0.05) is 19.1 Å². The number of aryl methyl sites for hydroxylation is 2. The smallest absolute Gasteiger partial charge is 0.243 e. The maximum atomic E-state index is 12.9. The zero-order chi connectivity index (χ0) is 19.4. The summed E-state index contributed by atoms with van der Waals surface area (Å²) in [5.41, 5.74) is 2.05. The fourth-order valence-electron chi connectivity index (χ4n) is 3.38. The van der Waals surface area contributed by atoms with Gasteiger partial charge in [-0.2, -0.15) is 4.31 Å². The largest absolute Gasteiger partial charge is 0.496 e. The van der Waals surface area contributed by atoms with Gasteiger partial charge in [0, 0.05) is 13.1 Å². The predicted molar refractivity (Wildman–Crippen MR) is 106 cm³/mol. The molecule has 0 saturated carbocycles. The molecular weight excluding hydrogens is 362 g/mol. The molecule has 6 heteroatoms. The lowest BCUT2D eigenvalue weighted by molar-refractivity contribution is 0.135. The van der Waals surface area contributed by atoms with E-state index in [1.807, 2.05) is 19.1 Å². The van der Waals surface area contributed by atoms with Crippen LogP contribution in [0, 0.1) is 6.92 Å². The van der Waals surface area contributed by atoms with E-state index in [1.54, 1.807) is 29.6 Å². The molecule has 0 N–H and O–H groups in total. The van der Waals surface area contributed by atoms with Crippen LogP contribution in [0.25, 0.3) is 0 Å². The van der Waals surface area contributed by atoms with E-state index in [0.29, 0.717) is 36.6 Å². The Kier molecular flexibility index (Phi) is 6.07. The van der Waals surface area contributed by atoms with Gasteiger partial charge in [-0.05, 0) is 67.6 Å². The van der Waals surface area contributed by atoms with Crippen molar-refractivity contribution in [1.82, 2.24) is 4.31 Å². The summed E-state index contributed by atoms with van der Waals surface area (Å²) in [5, 5.41) is 0. The second-order valence-electron chi connectivity index (χ2n) is 6.85. The molecule has 1 aliphatic heterocycles. The zero-order valence-electron chi connectivity index (χ0n) is 16.1. The highest BCUT2D eigenvalue weighted by atomic mass is 32.2. The van der Waals surface area contributed by atoms with Crippen molar-refractivity contribution in [3.05, 3.63) is 53.6 Å². The van der Waals surface area contributed by atoms with Crippen LogP contribution >= 0.6 is 0 Å². The molecule has 0 amide bonds. The van der Waals surface area contributed by atoms with Crippen molar-refractivity contribution in [3.8, 4) is 11.5 Å². The molecule has 0 aliphatic carbocycles. The molecule has 0 aromatic heterocycles. The normalized spacial score (nSPS) is 16.3. The van der Waals surface area contributed by atoms with E-state index in [0.717, 1.165) is 17.7 Å². The Hall–Kier alpha value is -2.05. The first-order valence-corrected chi connectivity index (χ1v) is 10.8. The summed E-state index contributed by atoms with van der Waals surface area (Å²) in [6.45, 7) is 4.89. The first-order valence-electron chi connectivity index (χ1n) is 9.34. The Labute approximate surface area is 162 Å². The van der Waals surface area contributed by atoms with Crippen LogP contribution in [0.4, 0.5) is 0 Å². The number of hydrogen-bond donors (Lipinski definition) is 0. The third-order valence-electron chi connectivity index (χ3n) is 5.01. The lowest BCUT2D eigenvalue weighted by atomic mass is 10.1. The monoisotopic (exact) mass is 389 g/mol. The van der Waals surface area contributed by atoms with Crippen LogP contribution in [0.5, 0.6) is 11.5 Å². The first-order chi connectivity index (χ1) is 12.9. The maximum Gasteiger partial charge on any atom is 0.243 e. The minimum atomic E-state index is -3.49. The lowest BCUT2D eigenvalue weighted by Gasteiger charge is -2.31. The maximum absolute atomic E-state index is 12.9. The molecule has 27 heavy (non-hydrogen) atoms. The minimum Gasteiger partial charge on any atom is -0.496 e. The van der Waals surface area contributed by atoms with Crippen LogP contribution in [0.1, 0.15) is 30.9 Å². The van der Waals surface area contributed by atoms with Crippen LogP contribution in [0.2, 0.25) is 0 Å². The number of nitrogens with zero attached hydrogens (tertiary/aromatic N) is 1. The molecule has 3 rings (SSSR count). The molecule has 1 saturated heterocycles. The summed E-state index contributed by atoms with van der Waals surface area (Å²) in [4.78, 5) is 0.316. The molecule has 0 unspecified atom stereocenters. The highest BCUT2D eigenvalue weighted by Crippen LogP contribution is 2.27. The van der Waals surface area contributed by atoms with Crippen LogP contribution in [0.15, 0.2) is 47.4 Å². The molecule has 0 spiro atoms. The second-order valence-corrected chi connectivity index (χ2v) is 8.79. The SMILES string of the molecule is CCc1cccc(OC2CCN(S(=O)(=O)c3ccc(OC)c(C)c3)CC2)c1. The topological polar surface area (TPSA) is 55.8 Å². The average molecular weight is 390 g/mol. The summed E-state index contributed by atoms with van der Waals surface area (Å²) >= 11 is 0. The van der Waals surface area contributed by atoms with Gasteiger partial charge in [0.05, 0.1) is 12.0 Å². The molecule has 0 atom stereocenters. The quantitative estimate of drug-likeness (QED) is 0.754. The summed E-state index contributed by atoms with van der Waals surface area (Å²) in [7, 11) is -1.91. The number of rotatable bonds is 6. The summed E-state index contributed by atoms with van der Waals surface area (Å²) in [5.74, 6) is 1.55. The predicted octanol–water partition coefficient (Wildman–Crippen LogP) is 3.80.